The number of ether oxygens (including phenoxy) is 1. The molecule has 0 fully saturated rings. The van der Waals surface area contributed by atoms with E-state index in [0.29, 0.717) is 0 Å². The van der Waals surface area contributed by atoms with Crippen molar-refractivity contribution in [3.8, 4) is 17.1 Å². The fourth-order valence-corrected chi connectivity index (χ4v) is 2.30. The van der Waals surface area contributed by atoms with Gasteiger partial charge in [0.05, 0.1) is 23.8 Å². The van der Waals surface area contributed by atoms with Gasteiger partial charge in [-0.25, -0.2) is 4.98 Å². The summed E-state index contributed by atoms with van der Waals surface area (Å²) in [6, 6.07) is 13.7. The molecule has 0 unspecified atom stereocenters. The maximum Gasteiger partial charge on any atom is 0.140 e. The number of hydrogen-bond acceptors (Lipinski definition) is 4. The average Bonchev–Trinajstić information content (AvgIpc) is 2.84. The van der Waals surface area contributed by atoms with Crippen LogP contribution in [0, 0.1) is 0 Å². The molecule has 3 aromatic rings. The van der Waals surface area contributed by atoms with E-state index in [-0.39, 0.29) is 0 Å². The van der Waals surface area contributed by atoms with Crippen molar-refractivity contribution in [3.05, 3.63) is 42.5 Å². The number of imidazole rings is 1. The molecule has 1 heterocycles. The van der Waals surface area contributed by atoms with E-state index >= 15 is 0 Å². The second kappa shape index (κ2) is 4.86. The first kappa shape index (κ1) is 12.5. The summed E-state index contributed by atoms with van der Waals surface area (Å²) in [7, 11) is 3.65. The topological polar surface area (TPSA) is 65.1 Å². The number of anilines is 1. The highest BCUT2D eigenvalue weighted by Crippen LogP contribution is 2.27. The van der Waals surface area contributed by atoms with Crippen molar-refractivity contribution >= 4 is 16.7 Å². The quantitative estimate of drug-likeness (QED) is 0.566. The predicted molar refractivity (Wildman–Crippen MR) is 80.5 cm³/mol. The Hall–Kier alpha value is -2.53. The van der Waals surface area contributed by atoms with Gasteiger partial charge in [-0.15, -0.1) is 0 Å². The van der Waals surface area contributed by atoms with Crippen LogP contribution in [-0.4, -0.2) is 16.7 Å². The van der Waals surface area contributed by atoms with Gasteiger partial charge < -0.3 is 14.7 Å². The molecule has 2 aromatic carbocycles. The van der Waals surface area contributed by atoms with Gasteiger partial charge in [0.2, 0.25) is 0 Å². The molecule has 0 aliphatic heterocycles. The van der Waals surface area contributed by atoms with Gasteiger partial charge in [-0.05, 0) is 30.3 Å². The van der Waals surface area contributed by atoms with E-state index in [9.17, 15) is 0 Å². The average molecular weight is 268 g/mol. The van der Waals surface area contributed by atoms with Crippen molar-refractivity contribution < 1.29 is 4.74 Å². The molecule has 0 atom stereocenters. The third kappa shape index (κ3) is 1.98. The molecule has 5 nitrogen and oxygen atoms in total. The van der Waals surface area contributed by atoms with Crippen LogP contribution in [0.4, 0.5) is 5.69 Å². The molecular formula is C15H16N4O. The molecule has 0 saturated heterocycles. The maximum absolute atomic E-state index is 5.45. The fourth-order valence-electron chi connectivity index (χ4n) is 2.30. The summed E-state index contributed by atoms with van der Waals surface area (Å²) in [4.78, 5) is 4.67. The molecule has 0 spiro atoms. The Bertz CT molecular complexity index is 764. The highest BCUT2D eigenvalue weighted by molar-refractivity contribution is 5.83. The summed E-state index contributed by atoms with van der Waals surface area (Å²) in [5, 5.41) is 0. The Morgan fingerprint density at radius 1 is 1.20 bits per heavy atom. The zero-order chi connectivity index (χ0) is 14.1. The van der Waals surface area contributed by atoms with Crippen LogP contribution in [0.1, 0.15) is 0 Å². The molecule has 0 bridgehead atoms. The van der Waals surface area contributed by atoms with Gasteiger partial charge in [-0.1, -0.05) is 12.1 Å². The number of nitrogen functional groups attached to an aromatic ring is 1. The van der Waals surface area contributed by atoms with Crippen molar-refractivity contribution in [2.24, 2.45) is 12.9 Å². The minimum atomic E-state index is 0.818. The van der Waals surface area contributed by atoms with Gasteiger partial charge in [0, 0.05) is 12.6 Å². The van der Waals surface area contributed by atoms with Crippen LogP contribution in [0.5, 0.6) is 5.75 Å². The van der Waals surface area contributed by atoms with Crippen LogP contribution < -0.4 is 16.0 Å². The lowest BCUT2D eigenvalue weighted by molar-refractivity contribution is 0.415. The molecule has 3 rings (SSSR count). The molecule has 0 radical (unpaired) electrons. The van der Waals surface area contributed by atoms with Gasteiger partial charge in [0.1, 0.15) is 11.6 Å². The summed E-state index contributed by atoms with van der Waals surface area (Å²) in [6.45, 7) is 0. The van der Waals surface area contributed by atoms with Crippen LogP contribution >= 0.6 is 0 Å². The van der Waals surface area contributed by atoms with Crippen LogP contribution in [0.25, 0.3) is 22.4 Å². The highest BCUT2D eigenvalue weighted by Gasteiger charge is 2.10. The van der Waals surface area contributed by atoms with E-state index in [1.165, 1.54) is 0 Å². The fraction of sp³-hybridized carbons (Fsp3) is 0.133. The van der Waals surface area contributed by atoms with E-state index < -0.39 is 0 Å². The molecule has 0 aliphatic carbocycles. The van der Waals surface area contributed by atoms with Crippen LogP contribution in [0.3, 0.4) is 0 Å². The van der Waals surface area contributed by atoms with Gasteiger partial charge in [-0.3, -0.25) is 5.84 Å². The van der Waals surface area contributed by atoms with Crippen molar-refractivity contribution in [2.45, 2.75) is 0 Å². The summed E-state index contributed by atoms with van der Waals surface area (Å²) < 4.78 is 7.31. The minimum Gasteiger partial charge on any atom is -0.497 e. The normalized spacial score (nSPS) is 10.8. The molecule has 0 saturated carbocycles. The molecule has 3 N–H and O–H groups in total. The molecule has 20 heavy (non-hydrogen) atoms. The molecule has 5 heteroatoms. The van der Waals surface area contributed by atoms with Crippen LogP contribution in [0.15, 0.2) is 42.5 Å². The van der Waals surface area contributed by atoms with E-state index in [1.807, 2.05) is 54.1 Å². The van der Waals surface area contributed by atoms with Gasteiger partial charge >= 0.3 is 0 Å². The Kier molecular flexibility index (Phi) is 3.04. The van der Waals surface area contributed by atoms with Crippen molar-refractivity contribution in [3.63, 3.8) is 0 Å². The number of rotatable bonds is 3. The number of aryl methyl sites for hydroxylation is 1. The SMILES string of the molecule is COc1cccc(-c2nc3ccc(NN)cc3n2C)c1. The summed E-state index contributed by atoms with van der Waals surface area (Å²) >= 11 is 0. The maximum atomic E-state index is 5.45. The van der Waals surface area contributed by atoms with Crippen molar-refractivity contribution in [2.75, 3.05) is 12.5 Å². The van der Waals surface area contributed by atoms with E-state index in [2.05, 4.69) is 10.4 Å². The molecule has 102 valence electrons. The third-order valence-electron chi connectivity index (χ3n) is 3.38. The van der Waals surface area contributed by atoms with Gasteiger partial charge in [-0.2, -0.15) is 0 Å². The van der Waals surface area contributed by atoms with Crippen LogP contribution in [0.2, 0.25) is 0 Å². The Balaban J connectivity index is 2.18. The van der Waals surface area contributed by atoms with E-state index in [0.717, 1.165) is 33.9 Å². The van der Waals surface area contributed by atoms with Crippen molar-refractivity contribution in [1.29, 1.82) is 0 Å². The Morgan fingerprint density at radius 3 is 2.80 bits per heavy atom. The lowest BCUT2D eigenvalue weighted by Crippen LogP contribution is -2.06. The second-order valence-corrected chi connectivity index (χ2v) is 4.57. The molecule has 0 aliphatic rings. The molecular weight excluding hydrogens is 252 g/mol. The van der Waals surface area contributed by atoms with Gasteiger partial charge in [0.15, 0.2) is 0 Å². The minimum absolute atomic E-state index is 0.818. The Labute approximate surface area is 117 Å². The number of hydrogen-bond donors (Lipinski definition) is 2. The number of nitrogens with one attached hydrogen (secondary N) is 1. The number of methoxy groups -OCH3 is 1. The summed E-state index contributed by atoms with van der Waals surface area (Å²) in [6.07, 6.45) is 0. The zero-order valence-corrected chi connectivity index (χ0v) is 11.4. The first-order valence-electron chi connectivity index (χ1n) is 6.30. The smallest absolute Gasteiger partial charge is 0.140 e. The lowest BCUT2D eigenvalue weighted by Gasteiger charge is -2.05. The number of nitrogens with zero attached hydrogens (tertiary/aromatic N) is 2. The lowest BCUT2D eigenvalue weighted by atomic mass is 10.2. The number of hydrazine groups is 1. The predicted octanol–water partition coefficient (Wildman–Crippen LogP) is 2.53. The monoisotopic (exact) mass is 268 g/mol. The zero-order valence-electron chi connectivity index (χ0n) is 11.4. The third-order valence-corrected chi connectivity index (χ3v) is 3.38. The standard InChI is InChI=1S/C15H16N4O/c1-19-14-9-11(18-16)6-7-13(14)17-15(19)10-4-3-5-12(8-10)20-2/h3-9,18H,16H2,1-2H3. The van der Waals surface area contributed by atoms with E-state index in [4.69, 9.17) is 10.6 Å². The van der Waals surface area contributed by atoms with E-state index in [1.54, 1.807) is 7.11 Å². The number of nitrogens with two attached hydrogens (primary N) is 1. The van der Waals surface area contributed by atoms with Crippen molar-refractivity contribution in [1.82, 2.24) is 9.55 Å². The van der Waals surface area contributed by atoms with Crippen LogP contribution in [-0.2, 0) is 7.05 Å². The largest absolute Gasteiger partial charge is 0.497 e. The first-order valence-corrected chi connectivity index (χ1v) is 6.30. The Morgan fingerprint density at radius 2 is 2.05 bits per heavy atom. The molecule has 0 amide bonds. The highest BCUT2D eigenvalue weighted by atomic mass is 16.5. The summed E-state index contributed by atoms with van der Waals surface area (Å²) in [5.74, 6) is 7.17. The number of benzene rings is 2. The second-order valence-electron chi connectivity index (χ2n) is 4.57. The number of aromatic nitrogens is 2. The number of fused-ring (bicyclic) bond motifs is 1. The van der Waals surface area contributed by atoms with Gasteiger partial charge in [0.25, 0.3) is 0 Å². The summed E-state index contributed by atoms with van der Waals surface area (Å²) in [5.41, 5.74) is 6.49. The molecule has 1 aromatic heterocycles. The first-order chi connectivity index (χ1) is 9.72.